The van der Waals surface area contributed by atoms with E-state index in [1.807, 2.05) is 13.0 Å². The van der Waals surface area contributed by atoms with Crippen LogP contribution in [0, 0.1) is 19.3 Å². The molecule has 0 atom stereocenters. The van der Waals surface area contributed by atoms with E-state index in [4.69, 9.17) is 6.42 Å². The van der Waals surface area contributed by atoms with E-state index in [9.17, 15) is 4.79 Å². The minimum Gasteiger partial charge on any atom is -0.295 e. The van der Waals surface area contributed by atoms with Crippen LogP contribution in [-0.2, 0) is 0 Å². The van der Waals surface area contributed by atoms with Gasteiger partial charge in [0.05, 0.1) is 0 Å². The molecule has 0 aliphatic heterocycles. The van der Waals surface area contributed by atoms with E-state index in [2.05, 4.69) is 5.92 Å². The van der Waals surface area contributed by atoms with Gasteiger partial charge in [0.1, 0.15) is 0 Å². The van der Waals surface area contributed by atoms with Crippen molar-refractivity contribution in [3.8, 4) is 12.3 Å². The van der Waals surface area contributed by atoms with E-state index in [0.29, 0.717) is 5.56 Å². The SMILES string of the molecule is C#Cc1cc(C(C)=O)ccc1C. The van der Waals surface area contributed by atoms with Gasteiger partial charge in [0, 0.05) is 11.1 Å². The minimum atomic E-state index is 0.0477. The second-order valence-corrected chi connectivity index (χ2v) is 2.73. The molecule has 0 spiro atoms. The summed E-state index contributed by atoms with van der Waals surface area (Å²) in [4.78, 5) is 11.0. The zero-order chi connectivity index (χ0) is 9.14. The Bertz CT molecular complexity index is 356. The Kier molecular flexibility index (Phi) is 2.30. The zero-order valence-corrected chi connectivity index (χ0v) is 7.22. The normalized spacial score (nSPS) is 9.08. The van der Waals surface area contributed by atoms with Crippen molar-refractivity contribution in [2.24, 2.45) is 0 Å². The monoisotopic (exact) mass is 158 g/mol. The summed E-state index contributed by atoms with van der Waals surface area (Å²) >= 11 is 0. The second-order valence-electron chi connectivity index (χ2n) is 2.73. The maximum atomic E-state index is 11.0. The Morgan fingerprint density at radius 1 is 1.50 bits per heavy atom. The smallest absolute Gasteiger partial charge is 0.159 e. The van der Waals surface area contributed by atoms with Gasteiger partial charge in [0.25, 0.3) is 0 Å². The summed E-state index contributed by atoms with van der Waals surface area (Å²) in [5.74, 6) is 2.59. The first-order valence-electron chi connectivity index (χ1n) is 3.73. The highest BCUT2D eigenvalue weighted by Gasteiger charge is 2.00. The van der Waals surface area contributed by atoms with Crippen LogP contribution >= 0.6 is 0 Å². The van der Waals surface area contributed by atoms with Crippen molar-refractivity contribution in [1.82, 2.24) is 0 Å². The number of hydrogen-bond donors (Lipinski definition) is 0. The van der Waals surface area contributed by atoms with Crippen LogP contribution in [0.4, 0.5) is 0 Å². The fourth-order valence-electron chi connectivity index (χ4n) is 0.996. The van der Waals surface area contributed by atoms with Crippen molar-refractivity contribution in [3.63, 3.8) is 0 Å². The Balaban J connectivity index is 3.25. The third kappa shape index (κ3) is 1.54. The van der Waals surface area contributed by atoms with Gasteiger partial charge in [-0.25, -0.2) is 0 Å². The first kappa shape index (κ1) is 8.55. The lowest BCUT2D eigenvalue weighted by molar-refractivity contribution is 0.101. The van der Waals surface area contributed by atoms with Crippen molar-refractivity contribution in [1.29, 1.82) is 0 Å². The molecule has 0 aliphatic rings. The van der Waals surface area contributed by atoms with E-state index >= 15 is 0 Å². The second kappa shape index (κ2) is 3.23. The van der Waals surface area contributed by atoms with Gasteiger partial charge in [-0.3, -0.25) is 4.79 Å². The number of aryl methyl sites for hydroxylation is 1. The van der Waals surface area contributed by atoms with E-state index in [0.717, 1.165) is 11.1 Å². The molecule has 1 aromatic carbocycles. The van der Waals surface area contributed by atoms with Crippen LogP contribution in [0.25, 0.3) is 0 Å². The molecule has 0 fully saturated rings. The van der Waals surface area contributed by atoms with E-state index in [1.54, 1.807) is 12.1 Å². The molecule has 1 nitrogen and oxygen atoms in total. The van der Waals surface area contributed by atoms with Gasteiger partial charge in [-0.2, -0.15) is 0 Å². The van der Waals surface area contributed by atoms with Gasteiger partial charge >= 0.3 is 0 Å². The van der Waals surface area contributed by atoms with E-state index < -0.39 is 0 Å². The standard InChI is InChI=1S/C11H10O/c1-4-10-7-11(9(3)12)6-5-8(10)2/h1,5-7H,2-3H3. The number of carbonyl (C=O) groups is 1. The van der Waals surface area contributed by atoms with Crippen LogP contribution in [0.3, 0.4) is 0 Å². The summed E-state index contributed by atoms with van der Waals surface area (Å²) in [6.07, 6.45) is 5.26. The predicted molar refractivity (Wildman–Crippen MR) is 49.1 cm³/mol. The van der Waals surface area contributed by atoms with Gasteiger partial charge in [-0.05, 0) is 25.5 Å². The van der Waals surface area contributed by atoms with Crippen LogP contribution < -0.4 is 0 Å². The Morgan fingerprint density at radius 3 is 2.67 bits per heavy atom. The van der Waals surface area contributed by atoms with Gasteiger partial charge in [-0.1, -0.05) is 18.1 Å². The molecule has 1 heteroatoms. The van der Waals surface area contributed by atoms with Crippen LogP contribution in [0.2, 0.25) is 0 Å². The van der Waals surface area contributed by atoms with Gasteiger partial charge in [0.15, 0.2) is 5.78 Å². The van der Waals surface area contributed by atoms with Crippen molar-refractivity contribution >= 4 is 5.78 Å². The third-order valence-electron chi connectivity index (χ3n) is 1.80. The minimum absolute atomic E-state index is 0.0477. The number of ketones is 1. The van der Waals surface area contributed by atoms with Gasteiger partial charge in [-0.15, -0.1) is 6.42 Å². The number of hydrogen-bond acceptors (Lipinski definition) is 1. The first-order chi connectivity index (χ1) is 5.65. The first-order valence-corrected chi connectivity index (χ1v) is 3.73. The highest BCUT2D eigenvalue weighted by molar-refractivity contribution is 5.94. The molecule has 0 aliphatic carbocycles. The molecular weight excluding hydrogens is 148 g/mol. The predicted octanol–water partition coefficient (Wildman–Crippen LogP) is 2.18. The Labute approximate surface area is 72.4 Å². The van der Waals surface area contributed by atoms with Crippen molar-refractivity contribution in [2.45, 2.75) is 13.8 Å². The average Bonchev–Trinajstić information content (AvgIpc) is 2.05. The highest BCUT2D eigenvalue weighted by atomic mass is 16.1. The van der Waals surface area contributed by atoms with Crippen LogP contribution in [0.1, 0.15) is 28.4 Å². The zero-order valence-electron chi connectivity index (χ0n) is 7.22. The van der Waals surface area contributed by atoms with Crippen molar-refractivity contribution in [3.05, 3.63) is 34.9 Å². The number of Topliss-reactive ketones (excluding diaryl/α,β-unsaturated/α-hetero) is 1. The molecule has 0 bridgehead atoms. The molecule has 0 saturated heterocycles. The largest absolute Gasteiger partial charge is 0.295 e. The van der Waals surface area contributed by atoms with Crippen molar-refractivity contribution in [2.75, 3.05) is 0 Å². The molecule has 0 unspecified atom stereocenters. The van der Waals surface area contributed by atoms with Crippen LogP contribution in [-0.4, -0.2) is 5.78 Å². The molecular formula is C11H10O. The van der Waals surface area contributed by atoms with E-state index in [1.165, 1.54) is 6.92 Å². The van der Waals surface area contributed by atoms with Crippen molar-refractivity contribution < 1.29 is 4.79 Å². The molecule has 60 valence electrons. The molecule has 0 heterocycles. The number of terminal acetylenes is 1. The molecule has 0 radical (unpaired) electrons. The maximum absolute atomic E-state index is 11.0. The third-order valence-corrected chi connectivity index (χ3v) is 1.80. The molecule has 0 N–H and O–H groups in total. The molecule has 0 saturated carbocycles. The number of carbonyl (C=O) groups excluding carboxylic acids is 1. The number of benzene rings is 1. The molecule has 12 heavy (non-hydrogen) atoms. The lowest BCUT2D eigenvalue weighted by atomic mass is 10.0. The lowest BCUT2D eigenvalue weighted by Gasteiger charge is -1.99. The molecule has 1 rings (SSSR count). The Morgan fingerprint density at radius 2 is 2.17 bits per heavy atom. The highest BCUT2D eigenvalue weighted by Crippen LogP contribution is 2.10. The molecule has 1 aromatic rings. The average molecular weight is 158 g/mol. The molecule has 0 aromatic heterocycles. The van der Waals surface area contributed by atoms with Gasteiger partial charge in [0.2, 0.25) is 0 Å². The van der Waals surface area contributed by atoms with Gasteiger partial charge < -0.3 is 0 Å². The lowest BCUT2D eigenvalue weighted by Crippen LogP contribution is -1.93. The molecule has 0 amide bonds. The summed E-state index contributed by atoms with van der Waals surface area (Å²) in [5, 5.41) is 0. The quantitative estimate of drug-likeness (QED) is 0.452. The van der Waals surface area contributed by atoms with Crippen LogP contribution in [0.5, 0.6) is 0 Å². The summed E-state index contributed by atoms with van der Waals surface area (Å²) < 4.78 is 0. The summed E-state index contributed by atoms with van der Waals surface area (Å²) in [7, 11) is 0. The summed E-state index contributed by atoms with van der Waals surface area (Å²) in [6, 6.07) is 5.40. The summed E-state index contributed by atoms with van der Waals surface area (Å²) in [6.45, 7) is 3.46. The fraction of sp³-hybridized carbons (Fsp3) is 0.182. The summed E-state index contributed by atoms with van der Waals surface area (Å²) in [5.41, 5.74) is 2.50. The van der Waals surface area contributed by atoms with Crippen LogP contribution in [0.15, 0.2) is 18.2 Å². The number of rotatable bonds is 1. The fourth-order valence-corrected chi connectivity index (χ4v) is 0.996. The van der Waals surface area contributed by atoms with E-state index in [-0.39, 0.29) is 5.78 Å². The topological polar surface area (TPSA) is 17.1 Å². The Hall–Kier alpha value is -1.55. The maximum Gasteiger partial charge on any atom is 0.159 e.